The highest BCUT2D eigenvalue weighted by Gasteiger charge is 2.21. The topological polar surface area (TPSA) is 78.5 Å². The predicted molar refractivity (Wildman–Crippen MR) is 84.4 cm³/mol. The third-order valence-electron chi connectivity index (χ3n) is 3.88. The van der Waals surface area contributed by atoms with Crippen molar-refractivity contribution in [2.45, 2.75) is 37.0 Å². The Kier molecular flexibility index (Phi) is 3.95. The summed E-state index contributed by atoms with van der Waals surface area (Å²) in [4.78, 5) is 8.88. The van der Waals surface area contributed by atoms with E-state index >= 15 is 0 Å². The van der Waals surface area contributed by atoms with Crippen LogP contribution in [0.4, 0.5) is 11.8 Å². The zero-order chi connectivity index (χ0) is 13.9. The van der Waals surface area contributed by atoms with E-state index in [2.05, 4.69) is 37.1 Å². The minimum atomic E-state index is 0.496. The van der Waals surface area contributed by atoms with Crippen molar-refractivity contribution in [3.8, 4) is 0 Å². The zero-order valence-corrected chi connectivity index (χ0v) is 12.6. The number of thioether (sulfide) groups is 1. The highest BCUT2D eigenvalue weighted by Crippen LogP contribution is 2.29. The number of rotatable bonds is 4. The van der Waals surface area contributed by atoms with Gasteiger partial charge in [-0.15, -0.1) is 0 Å². The Labute approximate surface area is 122 Å². The molecule has 2 aromatic rings. The summed E-state index contributed by atoms with van der Waals surface area (Å²) < 4.78 is 0. The van der Waals surface area contributed by atoms with Gasteiger partial charge in [-0.1, -0.05) is 0 Å². The van der Waals surface area contributed by atoms with E-state index in [1.165, 1.54) is 25.7 Å². The third-order valence-corrected chi connectivity index (χ3v) is 5.02. The zero-order valence-electron chi connectivity index (χ0n) is 11.8. The minimum Gasteiger partial charge on any atom is -0.367 e. The van der Waals surface area contributed by atoms with Gasteiger partial charge in [-0.3, -0.25) is 5.10 Å². The lowest BCUT2D eigenvalue weighted by Gasteiger charge is -2.28. The standard InChI is InChI=1S/C13H20N6S/c1-14-13-17-11(10-7-15-19-12(10)18-13)16-8-3-5-9(20-2)6-4-8/h7-9H,3-6H2,1-2H3,(H3,14,15,16,17,18,19). The molecule has 0 spiro atoms. The Balaban J connectivity index is 1.78. The number of nitrogens with zero attached hydrogens (tertiary/aromatic N) is 3. The third kappa shape index (κ3) is 2.67. The quantitative estimate of drug-likeness (QED) is 0.803. The molecule has 0 aromatic carbocycles. The van der Waals surface area contributed by atoms with Crippen LogP contribution >= 0.6 is 11.8 Å². The van der Waals surface area contributed by atoms with Crippen LogP contribution in [-0.4, -0.2) is 44.8 Å². The fraction of sp³-hybridized carbons (Fsp3) is 0.615. The summed E-state index contributed by atoms with van der Waals surface area (Å²) in [5, 5.41) is 15.3. The second-order valence-corrected chi connectivity index (χ2v) is 6.27. The summed E-state index contributed by atoms with van der Waals surface area (Å²) in [6.45, 7) is 0. The smallest absolute Gasteiger partial charge is 0.226 e. The van der Waals surface area contributed by atoms with Crippen molar-refractivity contribution in [2.75, 3.05) is 23.9 Å². The molecular formula is C13H20N6S. The molecule has 0 aliphatic heterocycles. The van der Waals surface area contributed by atoms with E-state index in [0.717, 1.165) is 22.1 Å². The molecule has 0 radical (unpaired) electrons. The second kappa shape index (κ2) is 5.87. The van der Waals surface area contributed by atoms with Gasteiger partial charge in [0.05, 0.1) is 11.6 Å². The van der Waals surface area contributed by atoms with Gasteiger partial charge in [0.1, 0.15) is 5.82 Å². The average Bonchev–Trinajstić information content (AvgIpc) is 2.96. The van der Waals surface area contributed by atoms with Crippen molar-refractivity contribution in [1.82, 2.24) is 20.2 Å². The Hall–Kier alpha value is -1.50. The lowest BCUT2D eigenvalue weighted by Crippen LogP contribution is -2.27. The number of anilines is 2. The summed E-state index contributed by atoms with van der Waals surface area (Å²) in [5.74, 6) is 1.49. The van der Waals surface area contributed by atoms with Crippen molar-refractivity contribution in [2.24, 2.45) is 0 Å². The summed E-state index contributed by atoms with van der Waals surface area (Å²) in [6, 6.07) is 0.496. The number of aromatic amines is 1. The molecule has 108 valence electrons. The Morgan fingerprint density at radius 2 is 2.05 bits per heavy atom. The van der Waals surface area contributed by atoms with Gasteiger partial charge in [0.2, 0.25) is 5.95 Å². The highest BCUT2D eigenvalue weighted by atomic mass is 32.2. The molecule has 1 fully saturated rings. The van der Waals surface area contributed by atoms with Crippen LogP contribution in [0, 0.1) is 0 Å². The number of aromatic nitrogens is 4. The van der Waals surface area contributed by atoms with Gasteiger partial charge in [0.15, 0.2) is 5.65 Å². The van der Waals surface area contributed by atoms with Gasteiger partial charge in [-0.2, -0.15) is 26.8 Å². The maximum absolute atomic E-state index is 4.53. The predicted octanol–water partition coefficient (Wildman–Crippen LogP) is 2.48. The molecule has 2 aromatic heterocycles. The first-order valence-corrected chi connectivity index (χ1v) is 8.27. The normalized spacial score (nSPS) is 22.9. The maximum Gasteiger partial charge on any atom is 0.226 e. The van der Waals surface area contributed by atoms with Crippen molar-refractivity contribution >= 4 is 34.6 Å². The number of nitrogens with one attached hydrogen (secondary N) is 3. The van der Waals surface area contributed by atoms with Crippen LogP contribution in [0.1, 0.15) is 25.7 Å². The molecule has 1 saturated carbocycles. The number of hydrogen-bond donors (Lipinski definition) is 3. The average molecular weight is 292 g/mol. The molecule has 3 N–H and O–H groups in total. The molecular weight excluding hydrogens is 272 g/mol. The maximum atomic E-state index is 4.53. The summed E-state index contributed by atoms with van der Waals surface area (Å²) in [5.41, 5.74) is 0.768. The van der Waals surface area contributed by atoms with E-state index in [9.17, 15) is 0 Å². The minimum absolute atomic E-state index is 0.496. The largest absolute Gasteiger partial charge is 0.367 e. The van der Waals surface area contributed by atoms with Crippen molar-refractivity contribution in [1.29, 1.82) is 0 Å². The van der Waals surface area contributed by atoms with Crippen LogP contribution in [0.2, 0.25) is 0 Å². The summed E-state index contributed by atoms with van der Waals surface area (Å²) in [6.07, 6.45) is 8.93. The SMILES string of the molecule is CNc1nc(NC2CCC(SC)CC2)c2cn[nH]c2n1. The summed E-state index contributed by atoms with van der Waals surface area (Å²) in [7, 11) is 1.82. The molecule has 0 amide bonds. The first-order valence-electron chi connectivity index (χ1n) is 6.98. The van der Waals surface area contributed by atoms with E-state index in [-0.39, 0.29) is 0 Å². The van der Waals surface area contributed by atoms with Gasteiger partial charge in [-0.05, 0) is 31.9 Å². The Morgan fingerprint density at radius 1 is 1.25 bits per heavy atom. The van der Waals surface area contributed by atoms with Crippen LogP contribution in [0.25, 0.3) is 11.0 Å². The van der Waals surface area contributed by atoms with Crippen molar-refractivity contribution < 1.29 is 0 Å². The van der Waals surface area contributed by atoms with E-state index in [1.54, 1.807) is 6.20 Å². The van der Waals surface area contributed by atoms with Gasteiger partial charge < -0.3 is 10.6 Å². The first kappa shape index (κ1) is 13.5. The van der Waals surface area contributed by atoms with E-state index in [4.69, 9.17) is 0 Å². The molecule has 1 aliphatic carbocycles. The molecule has 6 nitrogen and oxygen atoms in total. The molecule has 1 aliphatic rings. The fourth-order valence-electron chi connectivity index (χ4n) is 2.69. The first-order chi connectivity index (χ1) is 9.80. The molecule has 0 saturated heterocycles. The van der Waals surface area contributed by atoms with Crippen LogP contribution in [0.5, 0.6) is 0 Å². The van der Waals surface area contributed by atoms with Crippen LogP contribution < -0.4 is 10.6 Å². The molecule has 2 heterocycles. The number of H-pyrrole nitrogens is 1. The van der Waals surface area contributed by atoms with Gasteiger partial charge in [0, 0.05) is 18.3 Å². The lowest BCUT2D eigenvalue weighted by molar-refractivity contribution is 0.472. The number of fused-ring (bicyclic) bond motifs is 1. The molecule has 0 unspecified atom stereocenters. The Morgan fingerprint density at radius 3 is 2.75 bits per heavy atom. The fourth-order valence-corrected chi connectivity index (χ4v) is 3.44. The Bertz CT molecular complexity index is 575. The lowest BCUT2D eigenvalue weighted by atomic mass is 9.95. The second-order valence-electron chi connectivity index (χ2n) is 5.13. The van der Waals surface area contributed by atoms with Gasteiger partial charge in [-0.25, -0.2) is 0 Å². The van der Waals surface area contributed by atoms with Crippen LogP contribution in [-0.2, 0) is 0 Å². The monoisotopic (exact) mass is 292 g/mol. The van der Waals surface area contributed by atoms with Crippen LogP contribution in [0.15, 0.2) is 6.20 Å². The van der Waals surface area contributed by atoms with E-state index in [0.29, 0.717) is 12.0 Å². The van der Waals surface area contributed by atoms with Crippen molar-refractivity contribution in [3.63, 3.8) is 0 Å². The van der Waals surface area contributed by atoms with Crippen molar-refractivity contribution in [3.05, 3.63) is 6.20 Å². The molecule has 7 heteroatoms. The van der Waals surface area contributed by atoms with Gasteiger partial charge in [0.25, 0.3) is 0 Å². The molecule has 20 heavy (non-hydrogen) atoms. The highest BCUT2D eigenvalue weighted by molar-refractivity contribution is 7.99. The molecule has 0 bridgehead atoms. The molecule has 0 atom stereocenters. The number of hydrogen-bond acceptors (Lipinski definition) is 6. The van der Waals surface area contributed by atoms with E-state index in [1.807, 2.05) is 18.8 Å². The van der Waals surface area contributed by atoms with Crippen LogP contribution in [0.3, 0.4) is 0 Å². The molecule has 3 rings (SSSR count). The van der Waals surface area contributed by atoms with E-state index < -0.39 is 0 Å². The van der Waals surface area contributed by atoms with Gasteiger partial charge >= 0.3 is 0 Å². The summed E-state index contributed by atoms with van der Waals surface area (Å²) >= 11 is 1.99.